The summed E-state index contributed by atoms with van der Waals surface area (Å²) in [6.45, 7) is 4.74. The van der Waals surface area contributed by atoms with Crippen LogP contribution in [0.4, 0.5) is 0 Å². The highest BCUT2D eigenvalue weighted by atomic mass is 16.5. The standard InChI is InChI=1S/C20H29NO6/c1-5-6-9-27-13(2)20(24)21-8-7-14-10-17(25-3)18(26-4)11-15(14)16(21)12-19(22)23/h10-11,13,16H,5-9,12H2,1-4H3,(H,22,23). The van der Waals surface area contributed by atoms with Crippen molar-refractivity contribution in [2.45, 2.75) is 51.7 Å². The molecule has 7 nitrogen and oxygen atoms in total. The first kappa shape index (κ1) is 21.0. The summed E-state index contributed by atoms with van der Waals surface area (Å²) in [5.74, 6) is -0.0210. The van der Waals surface area contributed by atoms with Crippen LogP contribution in [-0.4, -0.2) is 55.4 Å². The number of rotatable bonds is 9. The quantitative estimate of drug-likeness (QED) is 0.664. The number of benzene rings is 1. The van der Waals surface area contributed by atoms with Gasteiger partial charge in [0.15, 0.2) is 11.5 Å². The molecule has 1 aliphatic rings. The van der Waals surface area contributed by atoms with Crippen LogP contribution in [-0.2, 0) is 20.7 Å². The van der Waals surface area contributed by atoms with E-state index in [1.165, 1.54) is 7.11 Å². The molecule has 150 valence electrons. The Hall–Kier alpha value is -2.28. The van der Waals surface area contributed by atoms with E-state index in [1.54, 1.807) is 25.0 Å². The van der Waals surface area contributed by atoms with E-state index in [0.29, 0.717) is 31.1 Å². The number of carbonyl (C=O) groups excluding carboxylic acids is 1. The van der Waals surface area contributed by atoms with Crippen LogP contribution in [0.2, 0.25) is 0 Å². The molecule has 2 rings (SSSR count). The predicted octanol–water partition coefficient (Wildman–Crippen LogP) is 2.81. The van der Waals surface area contributed by atoms with E-state index in [0.717, 1.165) is 24.0 Å². The molecule has 0 aliphatic carbocycles. The van der Waals surface area contributed by atoms with Crippen LogP contribution in [0.5, 0.6) is 11.5 Å². The number of fused-ring (bicyclic) bond motifs is 1. The molecule has 0 bridgehead atoms. The lowest BCUT2D eigenvalue weighted by molar-refractivity contribution is -0.148. The minimum Gasteiger partial charge on any atom is -0.493 e. The number of carboxylic acid groups (broad SMARTS) is 1. The number of carbonyl (C=O) groups is 2. The van der Waals surface area contributed by atoms with Crippen LogP contribution >= 0.6 is 0 Å². The Kier molecular flexibility index (Phi) is 7.47. The van der Waals surface area contributed by atoms with Gasteiger partial charge in [0, 0.05) is 13.2 Å². The van der Waals surface area contributed by atoms with Crippen molar-refractivity contribution < 1.29 is 28.9 Å². The monoisotopic (exact) mass is 379 g/mol. The number of unbranched alkanes of at least 4 members (excludes halogenated alkanes) is 1. The number of methoxy groups -OCH3 is 2. The van der Waals surface area contributed by atoms with Gasteiger partial charge in [-0.05, 0) is 43.0 Å². The van der Waals surface area contributed by atoms with Gasteiger partial charge in [-0.15, -0.1) is 0 Å². The fourth-order valence-corrected chi connectivity index (χ4v) is 3.39. The zero-order valence-corrected chi connectivity index (χ0v) is 16.5. The Morgan fingerprint density at radius 1 is 1.26 bits per heavy atom. The molecule has 0 radical (unpaired) electrons. The summed E-state index contributed by atoms with van der Waals surface area (Å²) >= 11 is 0. The maximum atomic E-state index is 12.9. The molecule has 1 amide bonds. The van der Waals surface area contributed by atoms with Gasteiger partial charge in [-0.25, -0.2) is 0 Å². The number of nitrogens with zero attached hydrogens (tertiary/aromatic N) is 1. The van der Waals surface area contributed by atoms with Crippen LogP contribution in [0, 0.1) is 0 Å². The Bertz CT molecular complexity index is 675. The fourth-order valence-electron chi connectivity index (χ4n) is 3.39. The highest BCUT2D eigenvalue weighted by Crippen LogP contribution is 2.39. The number of ether oxygens (including phenoxy) is 3. The zero-order valence-electron chi connectivity index (χ0n) is 16.5. The summed E-state index contributed by atoms with van der Waals surface area (Å²) < 4.78 is 16.3. The van der Waals surface area contributed by atoms with Crippen LogP contribution in [0.1, 0.15) is 50.3 Å². The Labute approximate surface area is 160 Å². The molecule has 0 saturated carbocycles. The maximum absolute atomic E-state index is 12.9. The van der Waals surface area contributed by atoms with Crippen LogP contribution in [0.3, 0.4) is 0 Å². The average Bonchev–Trinajstić information content (AvgIpc) is 2.66. The van der Waals surface area contributed by atoms with Crippen molar-refractivity contribution in [2.75, 3.05) is 27.4 Å². The first-order valence-electron chi connectivity index (χ1n) is 9.31. The topological polar surface area (TPSA) is 85.3 Å². The predicted molar refractivity (Wildman–Crippen MR) is 100 cm³/mol. The van der Waals surface area contributed by atoms with Crippen LogP contribution < -0.4 is 9.47 Å². The lowest BCUT2D eigenvalue weighted by atomic mass is 9.89. The van der Waals surface area contributed by atoms with Crippen molar-refractivity contribution in [2.24, 2.45) is 0 Å². The molecule has 2 atom stereocenters. The van der Waals surface area contributed by atoms with Gasteiger partial charge in [0.25, 0.3) is 5.91 Å². The third-order valence-corrected chi connectivity index (χ3v) is 4.87. The molecule has 1 aliphatic heterocycles. The van der Waals surface area contributed by atoms with Gasteiger partial charge in [0.1, 0.15) is 6.10 Å². The minimum absolute atomic E-state index is 0.171. The van der Waals surface area contributed by atoms with E-state index in [2.05, 4.69) is 6.92 Å². The van der Waals surface area contributed by atoms with E-state index in [-0.39, 0.29) is 12.3 Å². The molecule has 1 aromatic carbocycles. The van der Waals surface area contributed by atoms with Crippen molar-refractivity contribution in [3.63, 3.8) is 0 Å². The lowest BCUT2D eigenvalue weighted by Crippen LogP contribution is -2.45. The first-order valence-corrected chi connectivity index (χ1v) is 9.31. The van der Waals surface area contributed by atoms with E-state index in [1.807, 2.05) is 6.07 Å². The second-order valence-electron chi connectivity index (χ2n) is 6.67. The molecule has 0 saturated heterocycles. The van der Waals surface area contributed by atoms with E-state index < -0.39 is 18.1 Å². The second kappa shape index (κ2) is 9.60. The van der Waals surface area contributed by atoms with Crippen LogP contribution in [0.25, 0.3) is 0 Å². The van der Waals surface area contributed by atoms with Gasteiger partial charge in [-0.2, -0.15) is 0 Å². The van der Waals surface area contributed by atoms with Crippen molar-refractivity contribution in [3.8, 4) is 11.5 Å². The summed E-state index contributed by atoms with van der Waals surface area (Å²) in [6, 6.07) is 3.09. The number of carboxylic acids is 1. The number of aliphatic carboxylic acids is 1. The van der Waals surface area contributed by atoms with Crippen LogP contribution in [0.15, 0.2) is 12.1 Å². The van der Waals surface area contributed by atoms with Crippen molar-refractivity contribution in [3.05, 3.63) is 23.3 Å². The first-order chi connectivity index (χ1) is 12.9. The number of amides is 1. The zero-order chi connectivity index (χ0) is 20.0. The molecule has 0 fully saturated rings. The van der Waals surface area contributed by atoms with E-state index in [9.17, 15) is 14.7 Å². The maximum Gasteiger partial charge on any atom is 0.305 e. The summed E-state index contributed by atoms with van der Waals surface area (Å²) in [7, 11) is 3.10. The second-order valence-corrected chi connectivity index (χ2v) is 6.67. The highest BCUT2D eigenvalue weighted by Gasteiger charge is 2.35. The smallest absolute Gasteiger partial charge is 0.305 e. The molecule has 7 heteroatoms. The fraction of sp³-hybridized carbons (Fsp3) is 0.600. The molecule has 1 heterocycles. The summed E-state index contributed by atoms with van der Waals surface area (Å²) in [6.07, 6.45) is 1.72. The normalized spacial score (nSPS) is 17.2. The van der Waals surface area contributed by atoms with Crippen molar-refractivity contribution in [1.82, 2.24) is 4.90 Å². The van der Waals surface area contributed by atoms with Gasteiger partial charge >= 0.3 is 5.97 Å². The van der Waals surface area contributed by atoms with Gasteiger partial charge in [-0.1, -0.05) is 13.3 Å². The molecule has 27 heavy (non-hydrogen) atoms. The van der Waals surface area contributed by atoms with E-state index >= 15 is 0 Å². The molecule has 1 aromatic rings. The van der Waals surface area contributed by atoms with E-state index in [4.69, 9.17) is 14.2 Å². The van der Waals surface area contributed by atoms with Crippen molar-refractivity contribution in [1.29, 1.82) is 0 Å². The largest absolute Gasteiger partial charge is 0.493 e. The Balaban J connectivity index is 2.32. The molecule has 0 spiro atoms. The highest BCUT2D eigenvalue weighted by molar-refractivity contribution is 5.82. The van der Waals surface area contributed by atoms with Gasteiger partial charge < -0.3 is 24.2 Å². The third-order valence-electron chi connectivity index (χ3n) is 4.87. The minimum atomic E-state index is -0.958. The number of hydrogen-bond acceptors (Lipinski definition) is 5. The van der Waals surface area contributed by atoms with Crippen molar-refractivity contribution >= 4 is 11.9 Å². The molecular formula is C20H29NO6. The molecule has 1 N–H and O–H groups in total. The Morgan fingerprint density at radius 3 is 2.52 bits per heavy atom. The Morgan fingerprint density at radius 2 is 1.93 bits per heavy atom. The SMILES string of the molecule is CCCCOC(C)C(=O)N1CCc2cc(OC)c(OC)cc2C1CC(=O)O. The number of hydrogen-bond donors (Lipinski definition) is 1. The molecular weight excluding hydrogens is 350 g/mol. The summed E-state index contributed by atoms with van der Waals surface area (Å²) in [4.78, 5) is 26.0. The average molecular weight is 379 g/mol. The molecule has 2 unspecified atom stereocenters. The lowest BCUT2D eigenvalue weighted by Gasteiger charge is -2.38. The van der Waals surface area contributed by atoms with Gasteiger partial charge in [0.2, 0.25) is 0 Å². The third kappa shape index (κ3) is 4.91. The summed E-state index contributed by atoms with van der Waals surface area (Å²) in [5, 5.41) is 9.40. The molecule has 0 aromatic heterocycles. The summed E-state index contributed by atoms with van der Waals surface area (Å²) in [5.41, 5.74) is 1.76. The van der Waals surface area contributed by atoms with Gasteiger partial charge in [0.05, 0.1) is 26.7 Å². The van der Waals surface area contributed by atoms with Gasteiger partial charge in [-0.3, -0.25) is 9.59 Å².